The van der Waals surface area contributed by atoms with Crippen molar-refractivity contribution in [3.8, 4) is 0 Å². The maximum absolute atomic E-state index is 11.9. The second-order valence-electron chi connectivity index (χ2n) is 5.39. The first-order valence-corrected chi connectivity index (χ1v) is 9.28. The molecule has 0 aromatic heterocycles. The molecule has 1 atom stereocenters. The van der Waals surface area contributed by atoms with E-state index >= 15 is 0 Å². The Morgan fingerprint density at radius 2 is 1.78 bits per heavy atom. The van der Waals surface area contributed by atoms with Gasteiger partial charge in [0.15, 0.2) is 0 Å². The monoisotopic (exact) mass is 340 g/mol. The van der Waals surface area contributed by atoms with Gasteiger partial charge in [-0.05, 0) is 48.4 Å². The molecule has 0 saturated heterocycles. The molecule has 4 nitrogen and oxygen atoms in total. The van der Waals surface area contributed by atoms with Crippen LogP contribution in [0.4, 0.5) is 0 Å². The number of hydrogen-bond donors (Lipinski definition) is 2. The number of nitrogens with zero attached hydrogens (tertiary/aromatic N) is 1. The number of hydroxylamine groups is 1. The van der Waals surface area contributed by atoms with Crippen LogP contribution in [0.25, 0.3) is 0 Å². The summed E-state index contributed by atoms with van der Waals surface area (Å²) in [4.78, 5) is 13.1. The second kappa shape index (κ2) is 12.4. The van der Waals surface area contributed by atoms with Gasteiger partial charge in [-0.25, -0.2) is 9.79 Å². The third-order valence-corrected chi connectivity index (χ3v) is 4.45. The van der Waals surface area contributed by atoms with E-state index in [0.29, 0.717) is 0 Å². The summed E-state index contributed by atoms with van der Waals surface area (Å²) in [6.07, 6.45) is 1.97. The zero-order chi connectivity index (χ0) is 17.8. The van der Waals surface area contributed by atoms with Gasteiger partial charge in [0.1, 0.15) is 6.04 Å². The molecule has 132 valence electrons. The summed E-state index contributed by atoms with van der Waals surface area (Å²) in [7, 11) is 0. The molecule has 0 aliphatic rings. The number of hydrogen-bond acceptors (Lipinski definition) is 4. The molecule has 0 fully saturated rings. The number of nitrogens with one attached hydrogen (secondary N) is 1. The van der Waals surface area contributed by atoms with Gasteiger partial charge in [0.25, 0.3) is 5.91 Å². The van der Waals surface area contributed by atoms with Crippen LogP contribution in [0.3, 0.4) is 0 Å². The molecule has 1 aromatic carbocycles. The lowest BCUT2D eigenvalue weighted by molar-refractivity contribution is -0.134. The number of carbonyl (C=O) groups is 1. The molecule has 2 N–H and O–H groups in total. The minimum atomic E-state index is -0.356. The van der Waals surface area contributed by atoms with Gasteiger partial charge in [-0.15, -0.1) is 0 Å². The Hall–Kier alpha value is -1.04. The molecular formula is C18H32N2O2S. The van der Waals surface area contributed by atoms with Crippen molar-refractivity contribution in [1.29, 1.82) is 0 Å². The molecule has 1 amide bonds. The van der Waals surface area contributed by atoms with E-state index < -0.39 is 0 Å². The molecule has 0 spiro atoms. The fourth-order valence-corrected chi connectivity index (χ4v) is 3.47. The summed E-state index contributed by atoms with van der Waals surface area (Å²) in [5, 5.41) is 8.97. The first-order valence-electron chi connectivity index (χ1n) is 8.50. The average Bonchev–Trinajstić information content (AvgIpc) is 2.57. The Labute approximate surface area is 145 Å². The lowest BCUT2D eigenvalue weighted by Gasteiger charge is -2.31. The van der Waals surface area contributed by atoms with E-state index in [0.717, 1.165) is 24.3 Å². The summed E-state index contributed by atoms with van der Waals surface area (Å²) in [5.74, 6) is -0.234. The Morgan fingerprint density at radius 1 is 1.22 bits per heavy atom. The van der Waals surface area contributed by atoms with Gasteiger partial charge in [0.05, 0.1) is 0 Å². The van der Waals surface area contributed by atoms with Crippen molar-refractivity contribution < 1.29 is 10.0 Å². The fourth-order valence-electron chi connectivity index (χ4n) is 2.22. The lowest BCUT2D eigenvalue weighted by atomic mass is 10.0. The first-order chi connectivity index (χ1) is 11.0. The number of aryl methyl sites for hydroxylation is 1. The molecule has 0 saturated carbocycles. The molecule has 1 unspecified atom stereocenters. The van der Waals surface area contributed by atoms with Crippen molar-refractivity contribution in [2.24, 2.45) is 5.92 Å². The van der Waals surface area contributed by atoms with Gasteiger partial charge in [-0.1, -0.05) is 53.7 Å². The van der Waals surface area contributed by atoms with E-state index in [9.17, 15) is 4.79 Å². The van der Waals surface area contributed by atoms with Crippen LogP contribution >= 0.6 is 11.9 Å². The van der Waals surface area contributed by atoms with Crippen LogP contribution < -0.4 is 5.48 Å². The maximum atomic E-state index is 11.9. The van der Waals surface area contributed by atoms with Crippen molar-refractivity contribution in [3.63, 3.8) is 0 Å². The summed E-state index contributed by atoms with van der Waals surface area (Å²) >= 11 is 1.57. The van der Waals surface area contributed by atoms with Crippen molar-refractivity contribution in [1.82, 2.24) is 9.79 Å². The van der Waals surface area contributed by atoms with E-state index in [1.165, 1.54) is 5.56 Å². The summed E-state index contributed by atoms with van der Waals surface area (Å²) in [6, 6.07) is 8.04. The Balaban J connectivity index is 0.00000232. The normalized spacial score (nSPS) is 11.9. The standard InChI is InChI=1S/C16H26N2O2S.C2H6/c1-5-11-18(15(12(3)4)16(19)17-20)21-14-9-7-13(6-2)8-10-14;1-2/h7-10,12,15,20H,5-6,11H2,1-4H3,(H,17,19);1-2H3. The maximum Gasteiger partial charge on any atom is 0.261 e. The smallest absolute Gasteiger partial charge is 0.261 e. The first kappa shape index (κ1) is 22.0. The lowest BCUT2D eigenvalue weighted by Crippen LogP contribution is -2.46. The van der Waals surface area contributed by atoms with Gasteiger partial charge in [0, 0.05) is 11.4 Å². The van der Waals surface area contributed by atoms with Crippen molar-refractivity contribution in [2.45, 2.75) is 65.3 Å². The predicted octanol–water partition coefficient (Wildman–Crippen LogP) is 4.52. The van der Waals surface area contributed by atoms with Gasteiger partial charge < -0.3 is 0 Å². The zero-order valence-corrected chi connectivity index (χ0v) is 16.1. The number of benzene rings is 1. The third kappa shape index (κ3) is 7.38. The molecule has 23 heavy (non-hydrogen) atoms. The number of amides is 1. The van der Waals surface area contributed by atoms with E-state index in [1.54, 1.807) is 17.4 Å². The van der Waals surface area contributed by atoms with Gasteiger partial charge in [-0.3, -0.25) is 10.0 Å². The fraction of sp³-hybridized carbons (Fsp3) is 0.611. The number of rotatable bonds is 8. The van der Waals surface area contributed by atoms with Crippen LogP contribution in [0.2, 0.25) is 0 Å². The van der Waals surface area contributed by atoms with Crippen LogP contribution in [-0.4, -0.2) is 28.0 Å². The predicted molar refractivity (Wildman–Crippen MR) is 98.6 cm³/mol. The van der Waals surface area contributed by atoms with E-state index in [-0.39, 0.29) is 17.9 Å². The molecule has 0 radical (unpaired) electrons. The van der Waals surface area contributed by atoms with Crippen molar-refractivity contribution in [2.75, 3.05) is 6.54 Å². The Kier molecular flexibility index (Phi) is 11.8. The zero-order valence-electron chi connectivity index (χ0n) is 15.3. The molecule has 0 aliphatic carbocycles. The number of carbonyl (C=O) groups excluding carboxylic acids is 1. The van der Waals surface area contributed by atoms with Crippen molar-refractivity contribution in [3.05, 3.63) is 29.8 Å². The highest BCUT2D eigenvalue weighted by Gasteiger charge is 2.29. The summed E-state index contributed by atoms with van der Waals surface area (Å²) < 4.78 is 2.05. The van der Waals surface area contributed by atoms with E-state index in [2.05, 4.69) is 42.4 Å². The highest BCUT2D eigenvalue weighted by molar-refractivity contribution is 7.97. The highest BCUT2D eigenvalue weighted by atomic mass is 32.2. The summed E-state index contributed by atoms with van der Waals surface area (Å²) in [6.45, 7) is 13.0. The second-order valence-corrected chi connectivity index (χ2v) is 6.52. The van der Waals surface area contributed by atoms with Crippen molar-refractivity contribution >= 4 is 17.9 Å². The summed E-state index contributed by atoms with van der Waals surface area (Å²) in [5.41, 5.74) is 3.10. The van der Waals surface area contributed by atoms with Gasteiger partial charge >= 0.3 is 0 Å². The third-order valence-electron chi connectivity index (χ3n) is 3.32. The topological polar surface area (TPSA) is 52.6 Å². The van der Waals surface area contributed by atoms with E-state index in [1.807, 2.05) is 27.7 Å². The Bertz CT molecular complexity index is 435. The van der Waals surface area contributed by atoms with Gasteiger partial charge in [-0.2, -0.15) is 0 Å². The van der Waals surface area contributed by atoms with E-state index in [4.69, 9.17) is 5.21 Å². The quantitative estimate of drug-likeness (QED) is 0.415. The van der Waals surface area contributed by atoms with Crippen LogP contribution in [-0.2, 0) is 11.2 Å². The van der Waals surface area contributed by atoms with Crippen LogP contribution in [0, 0.1) is 5.92 Å². The largest absolute Gasteiger partial charge is 0.289 e. The SMILES string of the molecule is CC.CCCN(Sc1ccc(CC)cc1)C(C(=O)NO)C(C)C. The van der Waals surface area contributed by atoms with Crippen LogP contribution in [0.5, 0.6) is 0 Å². The minimum absolute atomic E-state index is 0.117. The average molecular weight is 341 g/mol. The minimum Gasteiger partial charge on any atom is -0.289 e. The highest BCUT2D eigenvalue weighted by Crippen LogP contribution is 2.28. The Morgan fingerprint density at radius 3 is 2.17 bits per heavy atom. The molecule has 0 heterocycles. The van der Waals surface area contributed by atoms with Gasteiger partial charge in [0.2, 0.25) is 0 Å². The molecule has 5 heteroatoms. The molecular weight excluding hydrogens is 308 g/mol. The molecule has 1 rings (SSSR count). The molecule has 0 bridgehead atoms. The molecule has 1 aromatic rings. The molecule has 0 aliphatic heterocycles. The van der Waals surface area contributed by atoms with Crippen LogP contribution in [0.1, 0.15) is 53.5 Å². The van der Waals surface area contributed by atoms with Crippen LogP contribution in [0.15, 0.2) is 29.2 Å².